The van der Waals surface area contributed by atoms with Gasteiger partial charge >= 0.3 is 0 Å². The summed E-state index contributed by atoms with van der Waals surface area (Å²) >= 11 is 0. The predicted octanol–water partition coefficient (Wildman–Crippen LogP) is 1.20. The Morgan fingerprint density at radius 3 is 2.58 bits per heavy atom. The first-order valence-corrected chi connectivity index (χ1v) is 12.0. The van der Waals surface area contributed by atoms with Crippen LogP contribution in [0.2, 0.25) is 0 Å². The summed E-state index contributed by atoms with van der Waals surface area (Å²) in [6, 6.07) is 10.5. The van der Waals surface area contributed by atoms with Crippen molar-refractivity contribution in [2.75, 3.05) is 26.2 Å². The normalized spacial score (nSPS) is 15.3. The zero-order valence-electron chi connectivity index (χ0n) is 17.7. The van der Waals surface area contributed by atoms with Gasteiger partial charge in [0.25, 0.3) is 5.56 Å². The highest BCUT2D eigenvalue weighted by Gasteiger charge is 2.31. The van der Waals surface area contributed by atoms with E-state index in [0.29, 0.717) is 35.0 Å². The van der Waals surface area contributed by atoms with E-state index in [0.717, 1.165) is 0 Å². The quantitative estimate of drug-likeness (QED) is 0.472. The third kappa shape index (κ3) is 3.89. The Morgan fingerprint density at radius 2 is 1.76 bits per heavy atom. The summed E-state index contributed by atoms with van der Waals surface area (Å²) in [6.45, 7) is 1.22. The van der Waals surface area contributed by atoms with E-state index < -0.39 is 10.0 Å². The molecule has 10 nitrogen and oxygen atoms in total. The lowest BCUT2D eigenvalue weighted by molar-refractivity contribution is -0.132. The number of amides is 1. The van der Waals surface area contributed by atoms with Gasteiger partial charge in [-0.1, -0.05) is 12.1 Å². The van der Waals surface area contributed by atoms with Gasteiger partial charge in [0.2, 0.25) is 15.9 Å². The van der Waals surface area contributed by atoms with Crippen LogP contribution in [0.15, 0.2) is 64.8 Å². The van der Waals surface area contributed by atoms with Crippen molar-refractivity contribution < 1.29 is 13.2 Å². The summed E-state index contributed by atoms with van der Waals surface area (Å²) < 4.78 is 29.1. The number of rotatable bonds is 5. The minimum atomic E-state index is -3.71. The second kappa shape index (κ2) is 8.41. The summed E-state index contributed by atoms with van der Waals surface area (Å²) in [4.78, 5) is 38.4. The van der Waals surface area contributed by atoms with E-state index >= 15 is 0 Å². The van der Waals surface area contributed by atoms with E-state index in [9.17, 15) is 18.0 Å². The number of carbonyl (C=O) groups is 1. The Labute approximate surface area is 189 Å². The molecule has 1 amide bonds. The molecular formula is C22H22N6O4S. The third-order valence-corrected chi connectivity index (χ3v) is 7.86. The van der Waals surface area contributed by atoms with Gasteiger partial charge in [-0.25, -0.2) is 18.4 Å². The molecule has 5 rings (SSSR count). The third-order valence-electron chi connectivity index (χ3n) is 5.92. The lowest BCUT2D eigenvalue weighted by atomic mass is 10.2. The summed E-state index contributed by atoms with van der Waals surface area (Å²) in [5.41, 5.74) is 0.953. The maximum atomic E-state index is 13.1. The van der Waals surface area contributed by atoms with Gasteiger partial charge in [-0.3, -0.25) is 14.2 Å². The molecule has 1 aromatic carbocycles. The number of benzene rings is 1. The predicted molar refractivity (Wildman–Crippen MR) is 122 cm³/mol. The van der Waals surface area contributed by atoms with Crippen molar-refractivity contribution in [3.8, 4) is 0 Å². The number of nitrogens with one attached hydrogen (secondary N) is 1. The first-order valence-electron chi connectivity index (χ1n) is 10.6. The van der Waals surface area contributed by atoms with Gasteiger partial charge in [0.05, 0.1) is 17.2 Å². The number of aromatic amines is 1. The molecular weight excluding hydrogens is 444 g/mol. The van der Waals surface area contributed by atoms with E-state index in [1.54, 1.807) is 41.4 Å². The number of hydrogen-bond acceptors (Lipinski definition) is 6. The van der Waals surface area contributed by atoms with E-state index in [1.165, 1.54) is 21.4 Å². The Hall–Kier alpha value is -3.57. The molecule has 0 spiro atoms. The number of aryl methyl sites for hydroxylation is 1. The number of nitrogens with zero attached hydrogens (tertiary/aromatic N) is 5. The second-order valence-electron chi connectivity index (χ2n) is 7.85. The van der Waals surface area contributed by atoms with Crippen LogP contribution in [-0.2, 0) is 21.4 Å². The Balaban J connectivity index is 1.23. The summed E-state index contributed by atoms with van der Waals surface area (Å²) in [5, 5.41) is 1.06. The fraction of sp³-hybridized carbons (Fsp3) is 0.273. The topological polar surface area (TPSA) is 121 Å². The number of carbonyl (C=O) groups excluding carboxylic acids is 1. The minimum Gasteiger partial charge on any atom is -0.345 e. The van der Waals surface area contributed by atoms with Gasteiger partial charge in [-0.05, 0) is 24.3 Å². The fourth-order valence-electron chi connectivity index (χ4n) is 4.10. The molecule has 0 atom stereocenters. The van der Waals surface area contributed by atoms with Gasteiger partial charge in [0, 0.05) is 56.9 Å². The standard InChI is InChI=1S/C22H22N6O4S/c29-20(7-9-27-15-25-18-6-2-1-4-16(18)22(27)30)26-10-12-28(13-11-26)33(31,32)19-14-24-21-17(19)5-3-8-23-21/h1-6,8,14-15H,7,9-13H2,(H,23,24). The number of aromatic nitrogens is 4. The van der Waals surface area contributed by atoms with Crippen LogP contribution in [0.5, 0.6) is 0 Å². The molecule has 170 valence electrons. The molecule has 3 aromatic heterocycles. The number of para-hydroxylation sites is 1. The van der Waals surface area contributed by atoms with E-state index in [4.69, 9.17) is 0 Å². The van der Waals surface area contributed by atoms with E-state index in [-0.39, 0.29) is 42.4 Å². The number of piperazine rings is 1. The Bertz CT molecular complexity index is 1500. The average molecular weight is 467 g/mol. The molecule has 0 bridgehead atoms. The molecule has 4 heterocycles. The lowest BCUT2D eigenvalue weighted by Crippen LogP contribution is -2.50. The summed E-state index contributed by atoms with van der Waals surface area (Å²) in [6.07, 6.45) is 4.65. The smallest absolute Gasteiger partial charge is 0.261 e. The first-order chi connectivity index (χ1) is 15.9. The van der Waals surface area contributed by atoms with Crippen molar-refractivity contribution in [3.05, 3.63) is 65.5 Å². The van der Waals surface area contributed by atoms with Crippen molar-refractivity contribution in [1.82, 2.24) is 28.7 Å². The molecule has 0 saturated carbocycles. The van der Waals surface area contributed by atoms with Crippen LogP contribution >= 0.6 is 0 Å². The summed E-state index contributed by atoms with van der Waals surface area (Å²) in [5.74, 6) is -0.122. The van der Waals surface area contributed by atoms with Gasteiger partial charge in [0.1, 0.15) is 10.5 Å². The minimum absolute atomic E-state index is 0.122. The number of hydrogen-bond donors (Lipinski definition) is 1. The molecule has 1 saturated heterocycles. The van der Waals surface area contributed by atoms with Crippen molar-refractivity contribution in [1.29, 1.82) is 0 Å². The zero-order valence-corrected chi connectivity index (χ0v) is 18.5. The molecule has 1 aliphatic rings. The molecule has 1 fully saturated rings. The van der Waals surface area contributed by atoms with Crippen LogP contribution < -0.4 is 5.56 Å². The van der Waals surface area contributed by atoms with Gasteiger partial charge < -0.3 is 9.88 Å². The Morgan fingerprint density at radius 1 is 1.00 bits per heavy atom. The highest BCUT2D eigenvalue weighted by molar-refractivity contribution is 7.89. The number of H-pyrrole nitrogens is 1. The SMILES string of the molecule is O=C(CCn1cnc2ccccc2c1=O)N1CCN(S(=O)(=O)c2c[nH]c3ncccc23)CC1. The monoisotopic (exact) mass is 466 g/mol. The number of pyridine rings is 1. The number of fused-ring (bicyclic) bond motifs is 2. The molecule has 1 aliphatic heterocycles. The lowest BCUT2D eigenvalue weighted by Gasteiger charge is -2.34. The highest BCUT2D eigenvalue weighted by Crippen LogP contribution is 2.25. The molecule has 0 unspecified atom stereocenters. The van der Waals surface area contributed by atoms with Crippen LogP contribution in [0.3, 0.4) is 0 Å². The van der Waals surface area contributed by atoms with Crippen LogP contribution in [-0.4, -0.2) is 69.2 Å². The average Bonchev–Trinajstić information content (AvgIpc) is 3.29. The highest BCUT2D eigenvalue weighted by atomic mass is 32.2. The molecule has 0 radical (unpaired) electrons. The molecule has 33 heavy (non-hydrogen) atoms. The molecule has 1 N–H and O–H groups in total. The Kier molecular flexibility index (Phi) is 5.43. The van der Waals surface area contributed by atoms with Crippen molar-refractivity contribution in [2.45, 2.75) is 17.9 Å². The largest absolute Gasteiger partial charge is 0.345 e. The van der Waals surface area contributed by atoms with Gasteiger partial charge in [0.15, 0.2) is 0 Å². The van der Waals surface area contributed by atoms with Crippen molar-refractivity contribution >= 4 is 37.9 Å². The first kappa shape index (κ1) is 21.3. The maximum absolute atomic E-state index is 13.1. The van der Waals surface area contributed by atoms with Gasteiger partial charge in [-0.15, -0.1) is 0 Å². The maximum Gasteiger partial charge on any atom is 0.261 e. The molecule has 4 aromatic rings. The van der Waals surface area contributed by atoms with Crippen LogP contribution in [0.1, 0.15) is 6.42 Å². The van der Waals surface area contributed by atoms with E-state index in [2.05, 4.69) is 15.0 Å². The zero-order chi connectivity index (χ0) is 23.0. The second-order valence-corrected chi connectivity index (χ2v) is 9.75. The fourth-order valence-corrected chi connectivity index (χ4v) is 5.67. The van der Waals surface area contributed by atoms with Crippen molar-refractivity contribution in [3.63, 3.8) is 0 Å². The van der Waals surface area contributed by atoms with Gasteiger partial charge in [-0.2, -0.15) is 4.31 Å². The van der Waals surface area contributed by atoms with Crippen LogP contribution in [0, 0.1) is 0 Å². The van der Waals surface area contributed by atoms with Crippen molar-refractivity contribution in [2.24, 2.45) is 0 Å². The molecule has 0 aliphatic carbocycles. The summed E-state index contributed by atoms with van der Waals surface area (Å²) in [7, 11) is -3.71. The van der Waals surface area contributed by atoms with E-state index in [1.807, 2.05) is 6.07 Å². The molecule has 11 heteroatoms. The van der Waals surface area contributed by atoms with Crippen LogP contribution in [0.4, 0.5) is 0 Å². The number of sulfonamides is 1. The van der Waals surface area contributed by atoms with Crippen LogP contribution in [0.25, 0.3) is 21.9 Å².